The largest absolute Gasteiger partial charge is 0.388 e. The molecule has 0 amide bonds. The Morgan fingerprint density at radius 3 is 2.32 bits per heavy atom. The highest BCUT2D eigenvalue weighted by atomic mass is 79.9. The number of hydrogen-bond donors (Lipinski definition) is 2. The molecule has 0 radical (unpaired) electrons. The summed E-state index contributed by atoms with van der Waals surface area (Å²) >= 11 is 3.40. The van der Waals surface area contributed by atoms with Crippen molar-refractivity contribution in [2.75, 3.05) is 6.54 Å². The standard InChI is InChI=1S/C16H18BrNO/c1-11-4-2-3-5-14(11)15(10-18)16(19)12-6-8-13(17)9-7-12/h2-9,15-16,19H,10,18H2,1H3. The van der Waals surface area contributed by atoms with Gasteiger partial charge < -0.3 is 10.8 Å². The molecule has 2 atom stereocenters. The minimum absolute atomic E-state index is 0.0811. The maximum absolute atomic E-state index is 10.6. The summed E-state index contributed by atoms with van der Waals surface area (Å²) in [6.07, 6.45) is -0.584. The first-order valence-electron chi connectivity index (χ1n) is 6.32. The second-order valence-electron chi connectivity index (χ2n) is 4.70. The lowest BCUT2D eigenvalue weighted by Crippen LogP contribution is -2.21. The summed E-state index contributed by atoms with van der Waals surface area (Å²) < 4.78 is 1.00. The Hall–Kier alpha value is -1.16. The summed E-state index contributed by atoms with van der Waals surface area (Å²) in [5.74, 6) is -0.0811. The summed E-state index contributed by atoms with van der Waals surface area (Å²) in [6, 6.07) is 15.8. The van der Waals surface area contributed by atoms with Crippen LogP contribution >= 0.6 is 15.9 Å². The molecule has 2 aromatic carbocycles. The fourth-order valence-corrected chi connectivity index (χ4v) is 2.59. The molecule has 2 nitrogen and oxygen atoms in total. The van der Waals surface area contributed by atoms with Crippen molar-refractivity contribution < 1.29 is 5.11 Å². The summed E-state index contributed by atoms with van der Waals surface area (Å²) in [7, 11) is 0. The summed E-state index contributed by atoms with van der Waals surface area (Å²) in [5, 5.41) is 10.6. The van der Waals surface area contributed by atoms with Crippen LogP contribution in [0.15, 0.2) is 53.0 Å². The summed E-state index contributed by atoms with van der Waals surface area (Å²) in [4.78, 5) is 0. The van der Waals surface area contributed by atoms with Crippen LogP contribution in [-0.4, -0.2) is 11.7 Å². The highest BCUT2D eigenvalue weighted by Crippen LogP contribution is 2.32. The second kappa shape index (κ2) is 6.33. The number of nitrogens with two attached hydrogens (primary N) is 1. The molecule has 100 valence electrons. The van der Waals surface area contributed by atoms with Gasteiger partial charge in [-0.1, -0.05) is 52.3 Å². The van der Waals surface area contributed by atoms with E-state index in [4.69, 9.17) is 5.73 Å². The smallest absolute Gasteiger partial charge is 0.0870 e. The Balaban J connectivity index is 2.32. The second-order valence-corrected chi connectivity index (χ2v) is 5.61. The Bertz CT molecular complexity index is 539. The normalized spacial score (nSPS) is 14.1. The van der Waals surface area contributed by atoms with Crippen LogP contribution < -0.4 is 5.73 Å². The third-order valence-electron chi connectivity index (χ3n) is 3.43. The van der Waals surface area contributed by atoms with Gasteiger partial charge in [-0.2, -0.15) is 0 Å². The molecule has 3 heteroatoms. The average Bonchev–Trinajstić information content (AvgIpc) is 2.42. The first kappa shape index (κ1) is 14.3. The van der Waals surface area contributed by atoms with Crippen molar-refractivity contribution in [3.05, 3.63) is 69.7 Å². The molecule has 0 heterocycles. The van der Waals surface area contributed by atoms with Crippen molar-refractivity contribution in [3.8, 4) is 0 Å². The van der Waals surface area contributed by atoms with Crippen molar-refractivity contribution in [1.29, 1.82) is 0 Å². The predicted molar refractivity (Wildman–Crippen MR) is 82.1 cm³/mol. The molecular formula is C16H18BrNO. The van der Waals surface area contributed by atoms with E-state index in [-0.39, 0.29) is 5.92 Å². The van der Waals surface area contributed by atoms with Gasteiger partial charge >= 0.3 is 0 Å². The molecule has 0 aliphatic heterocycles. The highest BCUT2D eigenvalue weighted by Gasteiger charge is 2.22. The van der Waals surface area contributed by atoms with Crippen LogP contribution in [0.25, 0.3) is 0 Å². The van der Waals surface area contributed by atoms with E-state index in [0.29, 0.717) is 6.54 Å². The van der Waals surface area contributed by atoms with Gasteiger partial charge in [-0.25, -0.2) is 0 Å². The van der Waals surface area contributed by atoms with Gasteiger partial charge in [-0.3, -0.25) is 0 Å². The quantitative estimate of drug-likeness (QED) is 0.905. The molecule has 0 spiro atoms. The number of aliphatic hydroxyl groups is 1. The lowest BCUT2D eigenvalue weighted by Gasteiger charge is -2.24. The van der Waals surface area contributed by atoms with Crippen LogP contribution in [0.3, 0.4) is 0 Å². The predicted octanol–water partition coefficient (Wildman–Crippen LogP) is 3.53. The first-order chi connectivity index (χ1) is 9.13. The van der Waals surface area contributed by atoms with Crippen molar-refractivity contribution in [2.45, 2.75) is 18.9 Å². The van der Waals surface area contributed by atoms with E-state index in [2.05, 4.69) is 15.9 Å². The Labute approximate surface area is 122 Å². The molecule has 2 rings (SSSR count). The van der Waals surface area contributed by atoms with Gasteiger partial charge in [0, 0.05) is 16.9 Å². The number of aryl methyl sites for hydroxylation is 1. The molecule has 0 fully saturated rings. The van der Waals surface area contributed by atoms with Gasteiger partial charge in [0.1, 0.15) is 0 Å². The number of hydrogen-bond acceptors (Lipinski definition) is 2. The molecule has 0 aromatic heterocycles. The van der Waals surface area contributed by atoms with E-state index < -0.39 is 6.10 Å². The van der Waals surface area contributed by atoms with Gasteiger partial charge in [0.05, 0.1) is 6.10 Å². The fraction of sp³-hybridized carbons (Fsp3) is 0.250. The maximum Gasteiger partial charge on any atom is 0.0870 e. The van der Waals surface area contributed by atoms with Crippen molar-refractivity contribution in [3.63, 3.8) is 0 Å². The molecule has 19 heavy (non-hydrogen) atoms. The number of halogens is 1. The van der Waals surface area contributed by atoms with Gasteiger partial charge in [0.15, 0.2) is 0 Å². The van der Waals surface area contributed by atoms with E-state index in [1.54, 1.807) is 0 Å². The molecule has 0 saturated heterocycles. The fourth-order valence-electron chi connectivity index (χ4n) is 2.32. The van der Waals surface area contributed by atoms with Crippen molar-refractivity contribution in [1.82, 2.24) is 0 Å². The van der Waals surface area contributed by atoms with Crippen LogP contribution in [0.4, 0.5) is 0 Å². The van der Waals surface area contributed by atoms with Crippen molar-refractivity contribution >= 4 is 15.9 Å². The average molecular weight is 320 g/mol. The number of aliphatic hydroxyl groups excluding tert-OH is 1. The molecular weight excluding hydrogens is 302 g/mol. The zero-order valence-corrected chi connectivity index (χ0v) is 12.5. The molecule has 0 saturated carbocycles. The minimum Gasteiger partial charge on any atom is -0.388 e. The first-order valence-corrected chi connectivity index (χ1v) is 7.12. The summed E-state index contributed by atoms with van der Waals surface area (Å²) in [5.41, 5.74) is 9.04. The van der Waals surface area contributed by atoms with Gasteiger partial charge in [-0.05, 0) is 35.7 Å². The van der Waals surface area contributed by atoms with E-state index in [1.807, 2.05) is 55.5 Å². The molecule has 0 bridgehead atoms. The number of benzene rings is 2. The zero-order valence-electron chi connectivity index (χ0n) is 10.9. The van der Waals surface area contributed by atoms with Crippen LogP contribution in [-0.2, 0) is 0 Å². The van der Waals surface area contributed by atoms with Gasteiger partial charge in [-0.15, -0.1) is 0 Å². The Kier molecular flexibility index (Phi) is 4.75. The van der Waals surface area contributed by atoms with Crippen LogP contribution in [0.5, 0.6) is 0 Å². The van der Waals surface area contributed by atoms with Crippen LogP contribution in [0.1, 0.15) is 28.7 Å². The maximum atomic E-state index is 10.6. The third-order valence-corrected chi connectivity index (χ3v) is 3.96. The summed E-state index contributed by atoms with van der Waals surface area (Å²) in [6.45, 7) is 2.47. The lowest BCUT2D eigenvalue weighted by molar-refractivity contribution is 0.147. The Morgan fingerprint density at radius 2 is 1.74 bits per heavy atom. The van der Waals surface area contributed by atoms with Crippen LogP contribution in [0.2, 0.25) is 0 Å². The molecule has 0 aliphatic rings. The van der Waals surface area contributed by atoms with Crippen molar-refractivity contribution in [2.24, 2.45) is 5.73 Å². The van der Waals surface area contributed by atoms with Gasteiger partial charge in [0.2, 0.25) is 0 Å². The van der Waals surface area contributed by atoms with Gasteiger partial charge in [0.25, 0.3) is 0 Å². The van der Waals surface area contributed by atoms with E-state index in [1.165, 1.54) is 0 Å². The highest BCUT2D eigenvalue weighted by molar-refractivity contribution is 9.10. The lowest BCUT2D eigenvalue weighted by atomic mass is 9.87. The van der Waals surface area contributed by atoms with E-state index in [9.17, 15) is 5.11 Å². The SMILES string of the molecule is Cc1ccccc1C(CN)C(O)c1ccc(Br)cc1. The third kappa shape index (κ3) is 3.24. The number of rotatable bonds is 4. The molecule has 0 aliphatic carbocycles. The van der Waals surface area contributed by atoms with E-state index in [0.717, 1.165) is 21.2 Å². The monoisotopic (exact) mass is 319 g/mol. The zero-order chi connectivity index (χ0) is 13.8. The molecule has 3 N–H and O–H groups in total. The Morgan fingerprint density at radius 1 is 1.11 bits per heavy atom. The topological polar surface area (TPSA) is 46.2 Å². The van der Waals surface area contributed by atoms with E-state index >= 15 is 0 Å². The molecule has 2 aromatic rings. The molecule has 2 unspecified atom stereocenters. The minimum atomic E-state index is -0.584. The van der Waals surface area contributed by atoms with Crippen LogP contribution in [0, 0.1) is 6.92 Å².